The van der Waals surface area contributed by atoms with Crippen molar-refractivity contribution in [3.63, 3.8) is 0 Å². The Morgan fingerprint density at radius 2 is 2.00 bits per heavy atom. The number of hydrogen-bond acceptors (Lipinski definition) is 3. The molecule has 2 atom stereocenters. The van der Waals surface area contributed by atoms with Crippen LogP contribution in [0.25, 0.3) is 0 Å². The Kier molecular flexibility index (Phi) is 4.04. The zero-order chi connectivity index (χ0) is 13.4. The zero-order valence-electron chi connectivity index (χ0n) is 11.8. The molecule has 106 valence electrons. The Labute approximate surface area is 111 Å². The lowest BCUT2D eigenvalue weighted by Gasteiger charge is -2.36. The van der Waals surface area contributed by atoms with Crippen LogP contribution in [0.15, 0.2) is 0 Å². The van der Waals surface area contributed by atoms with Gasteiger partial charge in [-0.15, -0.1) is 0 Å². The van der Waals surface area contributed by atoms with Crippen LogP contribution in [-0.4, -0.2) is 44.2 Å². The number of nitrogens with one attached hydrogen (secondary N) is 1. The molecule has 0 spiro atoms. The van der Waals surface area contributed by atoms with Gasteiger partial charge in [0.2, 0.25) is 10.0 Å². The molecule has 4 nitrogen and oxygen atoms in total. The summed E-state index contributed by atoms with van der Waals surface area (Å²) < 4.78 is 26.7. The number of nitrogens with zero attached hydrogens (tertiary/aromatic N) is 1. The van der Waals surface area contributed by atoms with E-state index in [1.54, 1.807) is 4.31 Å². The summed E-state index contributed by atoms with van der Waals surface area (Å²) in [5, 5.41) is 3.33. The molecule has 5 heteroatoms. The average molecular weight is 274 g/mol. The molecule has 0 radical (unpaired) electrons. The molecule has 0 aromatic heterocycles. The average Bonchev–Trinajstić information content (AvgIpc) is 2.73. The molecule has 2 fully saturated rings. The predicted octanol–water partition coefficient (Wildman–Crippen LogP) is 1.44. The Hall–Kier alpha value is -0.130. The van der Waals surface area contributed by atoms with Gasteiger partial charge in [0.25, 0.3) is 0 Å². The van der Waals surface area contributed by atoms with Gasteiger partial charge in [-0.1, -0.05) is 20.8 Å². The lowest BCUT2D eigenvalue weighted by molar-refractivity contribution is 0.216. The summed E-state index contributed by atoms with van der Waals surface area (Å²) in [6.45, 7) is 8.82. The highest BCUT2D eigenvalue weighted by Crippen LogP contribution is 2.30. The van der Waals surface area contributed by atoms with Crippen LogP contribution in [0.2, 0.25) is 0 Å². The second-order valence-electron chi connectivity index (χ2n) is 6.87. The quantitative estimate of drug-likeness (QED) is 0.847. The first kappa shape index (κ1) is 14.3. The highest BCUT2D eigenvalue weighted by molar-refractivity contribution is 7.89. The van der Waals surface area contributed by atoms with Gasteiger partial charge in [-0.05, 0) is 37.1 Å². The molecule has 0 bridgehead atoms. The Balaban J connectivity index is 2.04. The predicted molar refractivity (Wildman–Crippen MR) is 73.9 cm³/mol. The molecule has 2 unspecified atom stereocenters. The molecule has 18 heavy (non-hydrogen) atoms. The fourth-order valence-corrected chi connectivity index (χ4v) is 5.09. The molecule has 0 aliphatic carbocycles. The van der Waals surface area contributed by atoms with E-state index in [-0.39, 0.29) is 11.5 Å². The van der Waals surface area contributed by atoms with Crippen LogP contribution in [0.4, 0.5) is 0 Å². The minimum Gasteiger partial charge on any atom is -0.315 e. The molecule has 2 aliphatic rings. The normalized spacial score (nSPS) is 30.4. The van der Waals surface area contributed by atoms with Crippen LogP contribution < -0.4 is 5.32 Å². The third kappa shape index (κ3) is 3.25. The first-order valence-electron chi connectivity index (χ1n) is 7.00. The zero-order valence-corrected chi connectivity index (χ0v) is 12.6. The van der Waals surface area contributed by atoms with Crippen molar-refractivity contribution in [2.24, 2.45) is 11.3 Å². The fraction of sp³-hybridized carbons (Fsp3) is 1.00. The molecule has 2 heterocycles. The first-order valence-corrected chi connectivity index (χ1v) is 8.61. The highest BCUT2D eigenvalue weighted by Gasteiger charge is 2.40. The Morgan fingerprint density at radius 1 is 1.28 bits per heavy atom. The van der Waals surface area contributed by atoms with Crippen molar-refractivity contribution in [2.45, 2.75) is 46.1 Å². The van der Waals surface area contributed by atoms with Crippen LogP contribution in [0.5, 0.6) is 0 Å². The van der Waals surface area contributed by atoms with E-state index in [9.17, 15) is 8.42 Å². The van der Waals surface area contributed by atoms with Crippen LogP contribution in [0, 0.1) is 11.3 Å². The number of piperidine rings is 1. The van der Waals surface area contributed by atoms with Crippen molar-refractivity contribution in [3.8, 4) is 0 Å². The molecule has 0 aromatic carbocycles. The maximum atomic E-state index is 12.5. The lowest BCUT2D eigenvalue weighted by atomic mass is 9.94. The van der Waals surface area contributed by atoms with Crippen molar-refractivity contribution >= 4 is 10.0 Å². The van der Waals surface area contributed by atoms with Gasteiger partial charge in [-0.25, -0.2) is 8.42 Å². The van der Waals surface area contributed by atoms with Gasteiger partial charge >= 0.3 is 0 Å². The molecule has 2 rings (SSSR count). The second-order valence-corrected chi connectivity index (χ2v) is 8.91. The van der Waals surface area contributed by atoms with Gasteiger partial charge in [-0.3, -0.25) is 0 Å². The maximum absolute atomic E-state index is 12.5. The maximum Gasteiger partial charge on any atom is 0.214 e. The number of sulfonamides is 1. The smallest absolute Gasteiger partial charge is 0.214 e. The van der Waals surface area contributed by atoms with Crippen molar-refractivity contribution < 1.29 is 8.42 Å². The van der Waals surface area contributed by atoms with Crippen LogP contribution in [0.3, 0.4) is 0 Å². The van der Waals surface area contributed by atoms with Gasteiger partial charge in [0.05, 0.1) is 5.75 Å². The van der Waals surface area contributed by atoms with E-state index >= 15 is 0 Å². The van der Waals surface area contributed by atoms with E-state index in [0.717, 1.165) is 32.5 Å². The van der Waals surface area contributed by atoms with Crippen LogP contribution >= 0.6 is 0 Å². The summed E-state index contributed by atoms with van der Waals surface area (Å²) >= 11 is 0. The summed E-state index contributed by atoms with van der Waals surface area (Å²) in [5.74, 6) is 0.822. The van der Waals surface area contributed by atoms with Crippen molar-refractivity contribution in [3.05, 3.63) is 0 Å². The number of hydrogen-bond donors (Lipinski definition) is 1. The van der Waals surface area contributed by atoms with E-state index < -0.39 is 10.0 Å². The second kappa shape index (κ2) is 5.10. The summed E-state index contributed by atoms with van der Waals surface area (Å²) in [4.78, 5) is 0. The SMILES string of the molecule is CC(C)(C)CCS(=O)(=O)N1CCCC2CNCC21. The van der Waals surface area contributed by atoms with Gasteiger partial charge < -0.3 is 5.32 Å². The van der Waals surface area contributed by atoms with E-state index in [0.29, 0.717) is 11.7 Å². The fourth-order valence-electron chi connectivity index (χ4n) is 2.92. The molecule has 0 saturated carbocycles. The van der Waals surface area contributed by atoms with Crippen molar-refractivity contribution in [2.75, 3.05) is 25.4 Å². The summed E-state index contributed by atoms with van der Waals surface area (Å²) in [6, 6.07) is 0.212. The van der Waals surface area contributed by atoms with Gasteiger partial charge in [0, 0.05) is 19.1 Å². The van der Waals surface area contributed by atoms with E-state index in [1.165, 1.54) is 6.42 Å². The summed E-state index contributed by atoms with van der Waals surface area (Å²) in [7, 11) is -3.08. The van der Waals surface area contributed by atoms with Gasteiger partial charge in [-0.2, -0.15) is 4.31 Å². The molecule has 0 amide bonds. The largest absolute Gasteiger partial charge is 0.315 e. The third-order valence-corrected chi connectivity index (χ3v) is 5.98. The first-order chi connectivity index (χ1) is 8.30. The number of rotatable bonds is 3. The van der Waals surface area contributed by atoms with E-state index in [4.69, 9.17) is 0 Å². The minimum absolute atomic E-state index is 0.0795. The van der Waals surface area contributed by atoms with E-state index in [2.05, 4.69) is 26.1 Å². The highest BCUT2D eigenvalue weighted by atomic mass is 32.2. The Morgan fingerprint density at radius 3 is 2.67 bits per heavy atom. The van der Waals surface area contributed by atoms with Crippen LogP contribution in [-0.2, 0) is 10.0 Å². The topological polar surface area (TPSA) is 49.4 Å². The third-order valence-electron chi connectivity index (χ3n) is 4.09. The van der Waals surface area contributed by atoms with Crippen LogP contribution in [0.1, 0.15) is 40.0 Å². The molecule has 0 aromatic rings. The molecule has 2 aliphatic heterocycles. The summed E-state index contributed by atoms with van der Waals surface area (Å²) in [6.07, 6.45) is 2.91. The Bertz CT molecular complexity index is 386. The van der Waals surface area contributed by atoms with Gasteiger partial charge in [0.15, 0.2) is 0 Å². The molecular formula is C13H26N2O2S. The van der Waals surface area contributed by atoms with Crippen molar-refractivity contribution in [1.82, 2.24) is 9.62 Å². The van der Waals surface area contributed by atoms with Gasteiger partial charge in [0.1, 0.15) is 0 Å². The molecule has 2 saturated heterocycles. The van der Waals surface area contributed by atoms with E-state index in [1.807, 2.05) is 0 Å². The summed E-state index contributed by atoms with van der Waals surface area (Å²) in [5.41, 5.74) is 0.0795. The number of fused-ring (bicyclic) bond motifs is 1. The minimum atomic E-state index is -3.08. The molecular weight excluding hydrogens is 248 g/mol. The molecule has 1 N–H and O–H groups in total. The standard InChI is InChI=1S/C13H26N2O2S/c1-13(2,3)6-8-18(16,17)15-7-4-5-11-9-14-10-12(11)15/h11-12,14H,4-10H2,1-3H3. The lowest BCUT2D eigenvalue weighted by Crippen LogP contribution is -2.49. The monoisotopic (exact) mass is 274 g/mol. The van der Waals surface area contributed by atoms with Crippen molar-refractivity contribution in [1.29, 1.82) is 0 Å².